The van der Waals surface area contributed by atoms with Crippen LogP contribution in [0.5, 0.6) is 0 Å². The zero-order chi connectivity index (χ0) is 21.7. The summed E-state index contributed by atoms with van der Waals surface area (Å²) in [5.74, 6) is -0.506. The minimum absolute atomic E-state index is 0.276. The molecule has 0 unspecified atom stereocenters. The first-order valence-electron chi connectivity index (χ1n) is 9.72. The molecule has 0 spiro atoms. The summed E-state index contributed by atoms with van der Waals surface area (Å²) in [7, 11) is 0. The minimum Gasteiger partial charge on any atom is -0.335 e. The van der Waals surface area contributed by atoms with E-state index in [0.29, 0.717) is 50.5 Å². The normalized spacial score (nSPS) is 11.4. The van der Waals surface area contributed by atoms with Crippen LogP contribution < -0.4 is 0 Å². The average molecular weight is 425 g/mol. The first kappa shape index (κ1) is 18.3. The van der Waals surface area contributed by atoms with Crippen LogP contribution in [0.2, 0.25) is 0 Å². The summed E-state index contributed by atoms with van der Waals surface area (Å²) in [6.07, 6.45) is 6.04. The molecule has 0 amide bonds. The summed E-state index contributed by atoms with van der Waals surface area (Å²) in [6, 6.07) is 11.6. The Morgan fingerprint density at radius 3 is 2.53 bits per heavy atom. The smallest absolute Gasteiger partial charge is 0.178 e. The van der Waals surface area contributed by atoms with Crippen LogP contribution in [0, 0.1) is 11.6 Å². The molecule has 4 heterocycles. The Bertz CT molecular complexity index is 1610. The lowest BCUT2D eigenvalue weighted by Gasteiger charge is -2.04. The second kappa shape index (κ2) is 7.02. The number of halogens is 2. The highest BCUT2D eigenvalue weighted by atomic mass is 19.1. The lowest BCUT2D eigenvalue weighted by Crippen LogP contribution is -1.90. The number of aromatic nitrogens is 7. The van der Waals surface area contributed by atoms with E-state index in [1.165, 1.54) is 12.4 Å². The van der Waals surface area contributed by atoms with Crippen molar-refractivity contribution in [2.75, 3.05) is 0 Å². The molecule has 7 nitrogen and oxygen atoms in total. The minimum atomic E-state index is -0.469. The van der Waals surface area contributed by atoms with E-state index in [1.54, 1.807) is 55.0 Å². The van der Waals surface area contributed by atoms with E-state index in [0.717, 1.165) is 0 Å². The van der Waals surface area contributed by atoms with Crippen LogP contribution in [0.1, 0.15) is 0 Å². The quantitative estimate of drug-likeness (QED) is 0.420. The molecule has 0 fully saturated rings. The van der Waals surface area contributed by atoms with Crippen molar-refractivity contribution in [3.05, 3.63) is 79.0 Å². The van der Waals surface area contributed by atoms with Crippen molar-refractivity contribution in [1.29, 1.82) is 0 Å². The lowest BCUT2D eigenvalue weighted by atomic mass is 10.0. The molecule has 6 aromatic rings. The number of rotatable bonds is 3. The number of benzene rings is 2. The molecule has 2 aromatic carbocycles. The number of nitrogens with zero attached hydrogens (tertiary/aromatic N) is 5. The molecular weight excluding hydrogens is 412 g/mol. The third kappa shape index (κ3) is 2.75. The number of fused-ring (bicyclic) bond motifs is 2. The molecule has 0 aliphatic heterocycles. The maximum Gasteiger partial charge on any atom is 0.178 e. The van der Waals surface area contributed by atoms with Crippen molar-refractivity contribution >= 4 is 22.1 Å². The van der Waals surface area contributed by atoms with E-state index in [9.17, 15) is 4.39 Å². The third-order valence-corrected chi connectivity index (χ3v) is 5.32. The van der Waals surface area contributed by atoms with Gasteiger partial charge in [0.15, 0.2) is 11.5 Å². The Balaban J connectivity index is 1.56. The van der Waals surface area contributed by atoms with Gasteiger partial charge in [-0.05, 0) is 24.3 Å². The molecule has 0 aliphatic carbocycles. The number of H-pyrrole nitrogens is 2. The van der Waals surface area contributed by atoms with Gasteiger partial charge in [0.1, 0.15) is 23.7 Å². The second-order valence-corrected chi connectivity index (χ2v) is 7.17. The number of hydrogen-bond acceptors (Lipinski definition) is 5. The lowest BCUT2D eigenvalue weighted by molar-refractivity contribution is 0.631. The fourth-order valence-corrected chi connectivity index (χ4v) is 3.83. The zero-order valence-corrected chi connectivity index (χ0v) is 16.3. The Morgan fingerprint density at radius 1 is 0.844 bits per heavy atom. The molecule has 0 atom stereocenters. The van der Waals surface area contributed by atoms with E-state index < -0.39 is 5.82 Å². The highest BCUT2D eigenvalue weighted by Crippen LogP contribution is 2.35. The van der Waals surface area contributed by atoms with Gasteiger partial charge in [-0.25, -0.2) is 28.7 Å². The zero-order valence-electron chi connectivity index (χ0n) is 16.3. The van der Waals surface area contributed by atoms with Crippen molar-refractivity contribution in [2.24, 2.45) is 0 Å². The topological polar surface area (TPSA) is 96.0 Å². The Kier molecular flexibility index (Phi) is 4.00. The van der Waals surface area contributed by atoms with Crippen LogP contribution >= 0.6 is 0 Å². The van der Waals surface area contributed by atoms with Crippen LogP contribution in [0.3, 0.4) is 0 Å². The second-order valence-electron chi connectivity index (χ2n) is 7.17. The number of hydrogen-bond donors (Lipinski definition) is 2. The van der Waals surface area contributed by atoms with Gasteiger partial charge in [0.05, 0.1) is 16.4 Å². The SMILES string of the molecule is Fc1ccccc1-c1ccnc2nc(-c3n[nH]c4ccc(-c5cncnc5)c(F)c34)[nH]c12. The summed E-state index contributed by atoms with van der Waals surface area (Å²) < 4.78 is 30.0. The van der Waals surface area contributed by atoms with Gasteiger partial charge in [-0.15, -0.1) is 0 Å². The summed E-state index contributed by atoms with van der Waals surface area (Å²) in [5, 5.41) is 7.40. The van der Waals surface area contributed by atoms with Gasteiger partial charge in [0.25, 0.3) is 0 Å². The third-order valence-electron chi connectivity index (χ3n) is 5.32. The van der Waals surface area contributed by atoms with Gasteiger partial charge < -0.3 is 4.98 Å². The first-order chi connectivity index (χ1) is 15.7. The first-order valence-corrected chi connectivity index (χ1v) is 9.72. The van der Waals surface area contributed by atoms with E-state index in [-0.39, 0.29) is 11.2 Å². The molecule has 0 bridgehead atoms. The fourth-order valence-electron chi connectivity index (χ4n) is 3.83. The van der Waals surface area contributed by atoms with Crippen LogP contribution in [0.15, 0.2) is 67.4 Å². The molecule has 6 rings (SSSR count). The highest BCUT2D eigenvalue weighted by Gasteiger charge is 2.21. The average Bonchev–Trinajstić information content (AvgIpc) is 3.45. The Labute approximate surface area is 179 Å². The summed E-state index contributed by atoms with van der Waals surface area (Å²) in [6.45, 7) is 0. The molecule has 9 heteroatoms. The Morgan fingerprint density at radius 2 is 1.69 bits per heavy atom. The molecular formula is C23H13F2N7. The molecule has 154 valence electrons. The van der Waals surface area contributed by atoms with Crippen molar-refractivity contribution in [3.63, 3.8) is 0 Å². The molecule has 32 heavy (non-hydrogen) atoms. The standard InChI is InChI=1S/C23H13F2N7/c24-16-4-2-1-3-14(16)15-7-8-28-22-20(15)29-23(30-22)21-18-17(31-32-21)6-5-13(19(18)25)12-9-26-11-27-10-12/h1-11H,(H,31,32)(H,28,29,30). The monoisotopic (exact) mass is 425 g/mol. The maximum atomic E-state index is 15.6. The van der Waals surface area contributed by atoms with Crippen molar-refractivity contribution in [2.45, 2.75) is 0 Å². The molecule has 4 aromatic heterocycles. The number of pyridine rings is 1. The summed E-state index contributed by atoms with van der Waals surface area (Å²) in [4.78, 5) is 19.9. The number of aromatic amines is 2. The van der Waals surface area contributed by atoms with Crippen LogP contribution in [0.4, 0.5) is 8.78 Å². The fraction of sp³-hybridized carbons (Fsp3) is 0. The maximum absolute atomic E-state index is 15.6. The van der Waals surface area contributed by atoms with Crippen molar-refractivity contribution in [1.82, 2.24) is 35.1 Å². The van der Waals surface area contributed by atoms with Crippen molar-refractivity contribution < 1.29 is 8.78 Å². The molecule has 0 saturated carbocycles. The van der Waals surface area contributed by atoms with Crippen LogP contribution in [-0.4, -0.2) is 35.1 Å². The van der Waals surface area contributed by atoms with Gasteiger partial charge in [0, 0.05) is 40.8 Å². The van der Waals surface area contributed by atoms with E-state index in [2.05, 4.69) is 35.1 Å². The van der Waals surface area contributed by atoms with Gasteiger partial charge in [-0.2, -0.15) is 5.10 Å². The van der Waals surface area contributed by atoms with E-state index in [4.69, 9.17) is 0 Å². The van der Waals surface area contributed by atoms with Gasteiger partial charge >= 0.3 is 0 Å². The van der Waals surface area contributed by atoms with Gasteiger partial charge in [-0.3, -0.25) is 5.10 Å². The van der Waals surface area contributed by atoms with Gasteiger partial charge in [0.2, 0.25) is 0 Å². The highest BCUT2D eigenvalue weighted by molar-refractivity contribution is 5.97. The summed E-state index contributed by atoms with van der Waals surface area (Å²) >= 11 is 0. The molecule has 2 N–H and O–H groups in total. The van der Waals surface area contributed by atoms with E-state index in [1.807, 2.05) is 0 Å². The van der Waals surface area contributed by atoms with Crippen LogP contribution in [-0.2, 0) is 0 Å². The molecule has 0 saturated heterocycles. The number of nitrogens with one attached hydrogen (secondary N) is 2. The van der Waals surface area contributed by atoms with Crippen molar-refractivity contribution in [3.8, 4) is 33.8 Å². The van der Waals surface area contributed by atoms with Crippen LogP contribution in [0.25, 0.3) is 55.8 Å². The predicted octanol–water partition coefficient (Wildman–Crippen LogP) is 4.90. The van der Waals surface area contributed by atoms with E-state index >= 15 is 4.39 Å². The largest absolute Gasteiger partial charge is 0.335 e. The number of imidazole rings is 1. The predicted molar refractivity (Wildman–Crippen MR) is 115 cm³/mol. The van der Waals surface area contributed by atoms with Gasteiger partial charge in [-0.1, -0.05) is 18.2 Å². The Hall–Kier alpha value is -4.53. The summed E-state index contributed by atoms with van der Waals surface area (Å²) in [5.41, 5.74) is 3.65. The molecule has 0 radical (unpaired) electrons. The molecule has 0 aliphatic rings.